The summed E-state index contributed by atoms with van der Waals surface area (Å²) in [6.45, 7) is 3.61. The third-order valence-electron chi connectivity index (χ3n) is 4.47. The van der Waals surface area contributed by atoms with Crippen LogP contribution >= 0.6 is 13.5 Å². The molecular weight excluding hydrogens is 364 g/mol. The van der Waals surface area contributed by atoms with E-state index in [2.05, 4.69) is 41.1 Å². The van der Waals surface area contributed by atoms with E-state index < -0.39 is 5.97 Å². The van der Waals surface area contributed by atoms with Gasteiger partial charge in [-0.05, 0) is 25.3 Å². The zero-order valence-electron chi connectivity index (χ0n) is 15.4. The van der Waals surface area contributed by atoms with Crippen LogP contribution in [0.3, 0.4) is 0 Å². The maximum atomic E-state index is 10.6. The Kier molecular flexibility index (Phi) is 7.94. The van der Waals surface area contributed by atoms with Gasteiger partial charge in [0, 0.05) is 12.6 Å². The number of aliphatic carboxylic acids is 1. The number of benzene rings is 1. The minimum atomic E-state index is -0.942. The molecule has 7 heteroatoms. The van der Waals surface area contributed by atoms with Gasteiger partial charge in [-0.15, -0.1) is 0 Å². The molecule has 0 aliphatic carbocycles. The number of hydrogen-bond donors (Lipinski definition) is 1. The van der Waals surface area contributed by atoms with Crippen molar-refractivity contribution in [1.29, 1.82) is 0 Å². The number of rotatable bonds is 8. The molecule has 146 valence electrons. The van der Waals surface area contributed by atoms with Crippen LogP contribution in [-0.2, 0) is 16.1 Å². The van der Waals surface area contributed by atoms with E-state index in [0.717, 1.165) is 36.4 Å². The fourth-order valence-electron chi connectivity index (χ4n) is 3.13. The van der Waals surface area contributed by atoms with Crippen LogP contribution in [0.5, 0.6) is 5.75 Å². The molecule has 3 rings (SSSR count). The second-order valence-corrected chi connectivity index (χ2v) is 6.55. The summed E-state index contributed by atoms with van der Waals surface area (Å²) in [5.74, 6) is -0.220. The van der Waals surface area contributed by atoms with Crippen LogP contribution in [0, 0.1) is 6.92 Å². The van der Waals surface area contributed by atoms with Gasteiger partial charge in [-0.1, -0.05) is 29.8 Å². The summed E-state index contributed by atoms with van der Waals surface area (Å²) in [5.41, 5.74) is 3.32. The molecule has 0 amide bonds. The van der Waals surface area contributed by atoms with Gasteiger partial charge in [0.1, 0.15) is 19.0 Å². The number of carboxylic acids is 1. The van der Waals surface area contributed by atoms with Crippen molar-refractivity contribution in [2.24, 2.45) is 0 Å². The van der Waals surface area contributed by atoms with Crippen molar-refractivity contribution in [3.05, 3.63) is 53.9 Å². The second-order valence-electron chi connectivity index (χ2n) is 6.55. The zero-order valence-corrected chi connectivity index (χ0v) is 16.4. The van der Waals surface area contributed by atoms with E-state index in [1.54, 1.807) is 6.20 Å². The number of pyridine rings is 1. The molecule has 2 heterocycles. The minimum absolute atomic E-state index is 0. The number of nitrogens with zero attached hydrogens (tertiary/aromatic N) is 2. The molecule has 6 nitrogen and oxygen atoms in total. The molecule has 0 bridgehead atoms. The van der Waals surface area contributed by atoms with Crippen LogP contribution in [0.1, 0.15) is 24.0 Å². The molecule has 0 radical (unpaired) electrons. The van der Waals surface area contributed by atoms with Crippen molar-refractivity contribution in [3.63, 3.8) is 0 Å². The van der Waals surface area contributed by atoms with E-state index in [1.807, 2.05) is 12.3 Å². The second kappa shape index (κ2) is 10.2. The van der Waals surface area contributed by atoms with Crippen LogP contribution < -0.4 is 9.64 Å². The molecule has 27 heavy (non-hydrogen) atoms. The van der Waals surface area contributed by atoms with E-state index >= 15 is 0 Å². The lowest BCUT2D eigenvalue weighted by Crippen LogP contribution is -2.33. The van der Waals surface area contributed by atoms with Crippen LogP contribution in [0.2, 0.25) is 0 Å². The molecule has 1 aromatic heterocycles. The average molecular weight is 391 g/mol. The van der Waals surface area contributed by atoms with Gasteiger partial charge in [-0.2, -0.15) is 13.5 Å². The molecule has 1 fully saturated rings. The zero-order chi connectivity index (χ0) is 18.4. The van der Waals surface area contributed by atoms with E-state index in [-0.39, 0.29) is 26.1 Å². The first-order valence-electron chi connectivity index (χ1n) is 8.81. The van der Waals surface area contributed by atoms with E-state index in [1.165, 1.54) is 5.56 Å². The smallest absolute Gasteiger partial charge is 0.329 e. The SMILES string of the molecule is Cc1ccc(COc2cncc(N3CCC[C@H]3COCC(=O)O)c2)cc1.S. The summed E-state index contributed by atoms with van der Waals surface area (Å²) in [7, 11) is 0. The summed E-state index contributed by atoms with van der Waals surface area (Å²) in [6, 6.07) is 10.4. The Morgan fingerprint density at radius 3 is 2.81 bits per heavy atom. The molecule has 0 spiro atoms. The van der Waals surface area contributed by atoms with E-state index in [0.29, 0.717) is 13.2 Å². The number of ether oxygens (including phenoxy) is 2. The van der Waals surface area contributed by atoms with Crippen LogP contribution in [0.4, 0.5) is 5.69 Å². The standard InChI is InChI=1S/C20H24N2O4.H2S/c1-15-4-6-16(7-5-15)12-26-19-9-18(10-21-11-19)22-8-2-3-17(22)13-25-14-20(23)24;/h4-7,9-11,17H,2-3,8,12-14H2,1H3,(H,23,24);1H2/t17-;/m0./s1. The Hall–Kier alpha value is -2.25. The van der Waals surface area contributed by atoms with Crippen LogP contribution in [0.15, 0.2) is 42.7 Å². The van der Waals surface area contributed by atoms with Gasteiger partial charge in [0.05, 0.1) is 30.7 Å². The first-order valence-corrected chi connectivity index (χ1v) is 8.81. The Labute approximate surface area is 166 Å². The Morgan fingerprint density at radius 1 is 1.30 bits per heavy atom. The number of aromatic nitrogens is 1. The quantitative estimate of drug-likeness (QED) is 0.747. The van der Waals surface area contributed by atoms with Gasteiger partial charge in [-0.25, -0.2) is 4.79 Å². The van der Waals surface area contributed by atoms with Crippen LogP contribution in [-0.4, -0.2) is 41.9 Å². The highest BCUT2D eigenvalue weighted by Crippen LogP contribution is 2.28. The molecular formula is C20H26N2O4S. The fraction of sp³-hybridized carbons (Fsp3) is 0.400. The summed E-state index contributed by atoms with van der Waals surface area (Å²) < 4.78 is 11.2. The number of anilines is 1. The lowest BCUT2D eigenvalue weighted by molar-refractivity contribution is -0.142. The van der Waals surface area contributed by atoms with E-state index in [4.69, 9.17) is 14.6 Å². The van der Waals surface area contributed by atoms with Crippen molar-refractivity contribution in [2.45, 2.75) is 32.4 Å². The van der Waals surface area contributed by atoms with Gasteiger partial charge in [0.2, 0.25) is 0 Å². The van der Waals surface area contributed by atoms with Gasteiger partial charge in [0.15, 0.2) is 0 Å². The number of carboxylic acid groups (broad SMARTS) is 1. The first kappa shape index (κ1) is 21.1. The third-order valence-corrected chi connectivity index (χ3v) is 4.47. The van der Waals surface area contributed by atoms with E-state index in [9.17, 15) is 4.79 Å². The normalized spacial score (nSPS) is 16.0. The molecule has 1 aromatic carbocycles. The molecule has 0 unspecified atom stereocenters. The fourth-order valence-corrected chi connectivity index (χ4v) is 3.13. The Balaban J connectivity index is 0.00000261. The Morgan fingerprint density at radius 2 is 2.07 bits per heavy atom. The average Bonchev–Trinajstić information content (AvgIpc) is 3.10. The summed E-state index contributed by atoms with van der Waals surface area (Å²) in [5, 5.41) is 8.71. The highest BCUT2D eigenvalue weighted by atomic mass is 32.1. The predicted octanol–water partition coefficient (Wildman–Crippen LogP) is 3.15. The molecule has 1 N–H and O–H groups in total. The molecule has 1 aliphatic heterocycles. The summed E-state index contributed by atoms with van der Waals surface area (Å²) in [6.07, 6.45) is 5.56. The molecule has 1 atom stereocenters. The number of carbonyl (C=O) groups is 1. The topological polar surface area (TPSA) is 71.9 Å². The van der Waals surface area contributed by atoms with Crippen molar-refractivity contribution >= 4 is 25.2 Å². The van der Waals surface area contributed by atoms with Gasteiger partial charge < -0.3 is 19.5 Å². The van der Waals surface area contributed by atoms with Crippen molar-refractivity contribution in [2.75, 3.05) is 24.7 Å². The highest BCUT2D eigenvalue weighted by Gasteiger charge is 2.25. The van der Waals surface area contributed by atoms with Gasteiger partial charge in [-0.3, -0.25) is 4.98 Å². The molecule has 0 saturated carbocycles. The summed E-state index contributed by atoms with van der Waals surface area (Å²) >= 11 is 0. The Bertz CT molecular complexity index is 739. The van der Waals surface area contributed by atoms with Crippen molar-refractivity contribution in [1.82, 2.24) is 4.98 Å². The predicted molar refractivity (Wildman–Crippen MR) is 109 cm³/mol. The largest absolute Gasteiger partial charge is 0.487 e. The van der Waals surface area contributed by atoms with Crippen LogP contribution in [0.25, 0.3) is 0 Å². The van der Waals surface area contributed by atoms with Crippen molar-refractivity contribution in [3.8, 4) is 5.75 Å². The number of aryl methyl sites for hydroxylation is 1. The molecule has 2 aromatic rings. The highest BCUT2D eigenvalue weighted by molar-refractivity contribution is 7.59. The number of hydrogen-bond acceptors (Lipinski definition) is 5. The van der Waals surface area contributed by atoms with Gasteiger partial charge in [0.25, 0.3) is 0 Å². The first-order chi connectivity index (χ1) is 12.6. The maximum Gasteiger partial charge on any atom is 0.329 e. The minimum Gasteiger partial charge on any atom is -0.487 e. The lowest BCUT2D eigenvalue weighted by atomic mass is 10.2. The molecule has 1 saturated heterocycles. The molecule has 1 aliphatic rings. The van der Waals surface area contributed by atoms with Crippen molar-refractivity contribution < 1.29 is 19.4 Å². The third kappa shape index (κ3) is 6.15. The lowest BCUT2D eigenvalue weighted by Gasteiger charge is -2.26. The monoisotopic (exact) mass is 390 g/mol. The summed E-state index contributed by atoms with van der Waals surface area (Å²) in [4.78, 5) is 17.1. The van der Waals surface area contributed by atoms with Gasteiger partial charge >= 0.3 is 5.97 Å². The maximum absolute atomic E-state index is 10.6.